The lowest BCUT2D eigenvalue weighted by Gasteiger charge is -2.58. The molecule has 4 aliphatic carbocycles. The van der Waals surface area contributed by atoms with E-state index in [0.717, 1.165) is 24.8 Å². The molecule has 0 saturated heterocycles. The normalized spacial score (nSPS) is 38.2. The second-order valence-electron chi connectivity index (χ2n) is 12.0. The van der Waals surface area contributed by atoms with Crippen LogP contribution in [-0.4, -0.2) is 47.0 Å². The molecule has 0 aromatic rings. The number of carbonyl (C=O) groups is 3. The average molecular weight is 518 g/mol. The molecule has 37 heavy (non-hydrogen) atoms. The van der Waals surface area contributed by atoms with Crippen molar-refractivity contribution in [1.29, 1.82) is 0 Å². The minimum Gasteiger partial charge on any atom is -0.458 e. The van der Waals surface area contributed by atoms with Gasteiger partial charge >= 0.3 is 5.97 Å². The van der Waals surface area contributed by atoms with E-state index in [-0.39, 0.29) is 71.6 Å². The predicted molar refractivity (Wildman–Crippen MR) is 133 cm³/mol. The lowest BCUT2D eigenvalue weighted by molar-refractivity contribution is -0.757. The number of esters is 1. The molecule has 3 fully saturated rings. The van der Waals surface area contributed by atoms with Gasteiger partial charge in [-0.25, -0.2) is 0 Å². The molecule has 9 heteroatoms. The van der Waals surface area contributed by atoms with Crippen LogP contribution in [0, 0.1) is 50.5 Å². The number of rotatable bonds is 10. The van der Waals surface area contributed by atoms with E-state index < -0.39 is 17.2 Å². The Labute approximate surface area is 217 Å². The number of ether oxygens (including phenoxy) is 1. The highest BCUT2D eigenvalue weighted by Gasteiger charge is 2.64. The lowest BCUT2D eigenvalue weighted by atomic mass is 9.46. The molecule has 9 nitrogen and oxygen atoms in total. The van der Waals surface area contributed by atoms with Crippen LogP contribution >= 0.6 is 0 Å². The fourth-order valence-corrected chi connectivity index (χ4v) is 8.38. The molecule has 0 aromatic heterocycles. The van der Waals surface area contributed by atoms with E-state index in [1.807, 2.05) is 6.08 Å². The summed E-state index contributed by atoms with van der Waals surface area (Å²) < 4.78 is 5.33. The van der Waals surface area contributed by atoms with Crippen LogP contribution in [0.15, 0.2) is 23.8 Å². The zero-order valence-corrected chi connectivity index (χ0v) is 22.0. The van der Waals surface area contributed by atoms with Gasteiger partial charge in [0.25, 0.3) is 5.09 Å². The standard InChI is InChI=1S/C28H39NO8/c1-17-13-21-20-9-8-18-14-19(30)10-11-27(18,2)26(20)22(31)15-28(21,3)25(17)23(32)16-36-24(33)7-5-4-6-12-37-29(34)35/h10-11,14,17,20-22,25-26,31H,4-9,12-13,15-16H2,1-3H3. The van der Waals surface area contributed by atoms with Crippen LogP contribution < -0.4 is 0 Å². The summed E-state index contributed by atoms with van der Waals surface area (Å²) in [5.41, 5.74) is 0.403. The van der Waals surface area contributed by atoms with E-state index in [4.69, 9.17) is 4.74 Å². The maximum absolute atomic E-state index is 13.4. The van der Waals surface area contributed by atoms with E-state index >= 15 is 0 Å². The van der Waals surface area contributed by atoms with Gasteiger partial charge in [-0.2, -0.15) is 0 Å². The summed E-state index contributed by atoms with van der Waals surface area (Å²) in [7, 11) is 0. The van der Waals surface area contributed by atoms with Gasteiger partial charge in [-0.1, -0.05) is 38.8 Å². The Balaban J connectivity index is 1.37. The fraction of sp³-hybridized carbons (Fsp3) is 0.750. The molecule has 4 aliphatic rings. The minimum absolute atomic E-state index is 0.00127. The van der Waals surface area contributed by atoms with Gasteiger partial charge in [-0.05, 0) is 73.8 Å². The van der Waals surface area contributed by atoms with Gasteiger partial charge < -0.3 is 14.7 Å². The third kappa shape index (κ3) is 5.24. The van der Waals surface area contributed by atoms with Gasteiger partial charge in [0.15, 0.2) is 11.6 Å². The van der Waals surface area contributed by atoms with Crippen LogP contribution in [0.2, 0.25) is 0 Å². The van der Waals surface area contributed by atoms with E-state index in [1.165, 1.54) is 0 Å². The molecule has 8 atom stereocenters. The van der Waals surface area contributed by atoms with Gasteiger partial charge in [-0.15, -0.1) is 10.1 Å². The third-order valence-electron chi connectivity index (χ3n) is 9.78. The zero-order valence-electron chi connectivity index (χ0n) is 22.0. The number of hydrogen-bond donors (Lipinski definition) is 1. The summed E-state index contributed by atoms with van der Waals surface area (Å²) in [6.07, 6.45) is 9.66. The number of ketones is 2. The Morgan fingerprint density at radius 3 is 2.73 bits per heavy atom. The summed E-state index contributed by atoms with van der Waals surface area (Å²) in [4.78, 5) is 52.0. The highest BCUT2D eigenvalue weighted by Crippen LogP contribution is 2.67. The zero-order chi connectivity index (χ0) is 27.0. The summed E-state index contributed by atoms with van der Waals surface area (Å²) in [6, 6.07) is 0. The Morgan fingerprint density at radius 2 is 2.00 bits per heavy atom. The van der Waals surface area contributed by atoms with Crippen molar-refractivity contribution in [3.63, 3.8) is 0 Å². The SMILES string of the molecule is CC1CC2C3CCC4=CC(=O)C=CC4(C)C3C(O)CC2(C)C1C(=O)COC(=O)CCCCCO[N+](=O)[O-]. The molecule has 0 aliphatic heterocycles. The van der Waals surface area contributed by atoms with Crippen molar-refractivity contribution in [2.45, 2.75) is 78.2 Å². The first-order valence-electron chi connectivity index (χ1n) is 13.6. The lowest BCUT2D eigenvalue weighted by Crippen LogP contribution is -2.56. The fourth-order valence-electron chi connectivity index (χ4n) is 8.38. The van der Waals surface area contributed by atoms with E-state index in [0.29, 0.717) is 25.7 Å². The highest BCUT2D eigenvalue weighted by atomic mass is 16.9. The Hall–Kier alpha value is -2.55. The summed E-state index contributed by atoms with van der Waals surface area (Å²) in [5, 5.41) is 20.8. The maximum atomic E-state index is 13.4. The van der Waals surface area contributed by atoms with E-state index in [2.05, 4.69) is 25.6 Å². The molecule has 0 radical (unpaired) electrons. The largest absolute Gasteiger partial charge is 0.458 e. The van der Waals surface area contributed by atoms with Crippen molar-refractivity contribution >= 4 is 17.5 Å². The first-order chi connectivity index (χ1) is 17.5. The number of hydrogen-bond acceptors (Lipinski definition) is 8. The van der Waals surface area contributed by atoms with Gasteiger partial charge in [-0.3, -0.25) is 14.4 Å². The maximum Gasteiger partial charge on any atom is 0.306 e. The topological polar surface area (TPSA) is 133 Å². The number of aliphatic hydroxyl groups is 1. The van der Waals surface area contributed by atoms with E-state index in [1.54, 1.807) is 12.2 Å². The number of allylic oxidation sites excluding steroid dienone is 4. The molecule has 1 N–H and O–H groups in total. The molecule has 0 aromatic carbocycles. The number of carbonyl (C=O) groups excluding carboxylic acids is 3. The average Bonchev–Trinajstić information content (AvgIpc) is 3.09. The van der Waals surface area contributed by atoms with Gasteiger partial charge in [0.2, 0.25) is 0 Å². The molecule has 0 heterocycles. The van der Waals surface area contributed by atoms with Crippen LogP contribution in [0.3, 0.4) is 0 Å². The van der Waals surface area contributed by atoms with Crippen molar-refractivity contribution in [2.24, 2.45) is 40.4 Å². The van der Waals surface area contributed by atoms with Crippen LogP contribution in [0.5, 0.6) is 0 Å². The predicted octanol–water partition coefficient (Wildman–Crippen LogP) is 4.01. The first-order valence-corrected chi connectivity index (χ1v) is 13.6. The first kappa shape index (κ1) is 27.5. The van der Waals surface area contributed by atoms with Gasteiger partial charge in [0.1, 0.15) is 6.61 Å². The second kappa shape index (κ2) is 10.7. The van der Waals surface area contributed by atoms with Crippen LogP contribution in [0.4, 0.5) is 0 Å². The summed E-state index contributed by atoms with van der Waals surface area (Å²) in [5.74, 6) is -0.110. The Kier molecular flexibility index (Phi) is 7.93. The summed E-state index contributed by atoms with van der Waals surface area (Å²) in [6.45, 7) is 6.10. The molecule has 4 rings (SSSR count). The molecule has 8 unspecified atom stereocenters. The molecule has 204 valence electrons. The van der Waals surface area contributed by atoms with Crippen molar-refractivity contribution in [3.05, 3.63) is 33.9 Å². The Bertz CT molecular complexity index is 1000. The third-order valence-corrected chi connectivity index (χ3v) is 9.78. The smallest absolute Gasteiger partial charge is 0.306 e. The van der Waals surface area contributed by atoms with Crippen LogP contribution in [0.25, 0.3) is 0 Å². The molecular formula is C28H39NO8. The van der Waals surface area contributed by atoms with Crippen molar-refractivity contribution in [1.82, 2.24) is 0 Å². The quantitative estimate of drug-likeness (QED) is 0.199. The van der Waals surface area contributed by atoms with Crippen molar-refractivity contribution in [3.8, 4) is 0 Å². The second-order valence-corrected chi connectivity index (χ2v) is 12.0. The number of fused-ring (bicyclic) bond motifs is 5. The number of unbranched alkanes of at least 4 members (excludes halogenated alkanes) is 2. The minimum atomic E-state index is -0.835. The van der Waals surface area contributed by atoms with Crippen LogP contribution in [0.1, 0.15) is 72.1 Å². The molecule has 0 bridgehead atoms. The Morgan fingerprint density at radius 1 is 1.24 bits per heavy atom. The number of aliphatic hydroxyl groups excluding tert-OH is 1. The van der Waals surface area contributed by atoms with Crippen molar-refractivity contribution < 1.29 is 34.2 Å². The molecule has 3 saturated carbocycles. The highest BCUT2D eigenvalue weighted by molar-refractivity contribution is 6.01. The molecule has 0 amide bonds. The summed E-state index contributed by atoms with van der Waals surface area (Å²) >= 11 is 0. The number of Topliss-reactive ketones (excluding diaryl/α,β-unsaturated/α-hetero) is 1. The van der Waals surface area contributed by atoms with Crippen molar-refractivity contribution in [2.75, 3.05) is 13.2 Å². The molecule has 0 spiro atoms. The van der Waals surface area contributed by atoms with Crippen LogP contribution in [-0.2, 0) is 24.0 Å². The number of nitrogens with zero attached hydrogens (tertiary/aromatic N) is 1. The van der Waals surface area contributed by atoms with Gasteiger partial charge in [0, 0.05) is 23.7 Å². The molecular weight excluding hydrogens is 478 g/mol. The van der Waals surface area contributed by atoms with Gasteiger partial charge in [0.05, 0.1) is 12.7 Å². The monoisotopic (exact) mass is 517 g/mol. The van der Waals surface area contributed by atoms with E-state index in [9.17, 15) is 29.6 Å².